The zero-order valence-electron chi connectivity index (χ0n) is 22.7. The van der Waals surface area contributed by atoms with Gasteiger partial charge in [0, 0.05) is 11.1 Å². The lowest BCUT2D eigenvalue weighted by Gasteiger charge is -2.23. The third-order valence-electron chi connectivity index (χ3n) is 4.89. The lowest BCUT2D eigenvalue weighted by molar-refractivity contribution is -0.870. The van der Waals surface area contributed by atoms with E-state index >= 15 is 0 Å². The van der Waals surface area contributed by atoms with Gasteiger partial charge in [-0.3, -0.25) is 4.52 Å². The van der Waals surface area contributed by atoms with Crippen LogP contribution in [0.5, 0.6) is 0 Å². The lowest BCUT2D eigenvalue weighted by Crippen LogP contribution is -3.00. The fourth-order valence-corrected chi connectivity index (χ4v) is 3.04. The minimum atomic E-state index is -4.26. The van der Waals surface area contributed by atoms with Gasteiger partial charge in [-0.1, -0.05) is 77.4 Å². The molecule has 10 heteroatoms. The molecule has 0 aromatic rings. The first kappa shape index (κ1) is 38.5. The highest BCUT2D eigenvalue weighted by molar-refractivity contribution is 7.46. The number of carbonyl (C=O) groups is 2. The fraction of sp³-hybridized carbons (Fsp3) is 0.760. The number of phosphoric acid groups is 1. The van der Waals surface area contributed by atoms with E-state index in [-0.39, 0.29) is 24.6 Å². The number of halogens is 1. The number of hydrogen-bond acceptors (Lipinski definition) is 5. The molecule has 35 heavy (non-hydrogen) atoms. The maximum absolute atomic E-state index is 11.6. The molecule has 208 valence electrons. The van der Waals surface area contributed by atoms with E-state index in [4.69, 9.17) is 9.79 Å². The Morgan fingerprint density at radius 2 is 1.34 bits per heavy atom. The molecule has 0 aliphatic heterocycles. The summed E-state index contributed by atoms with van der Waals surface area (Å²) in [6.45, 7) is 9.56. The first-order valence-corrected chi connectivity index (χ1v) is 13.8. The van der Waals surface area contributed by atoms with Crippen molar-refractivity contribution in [2.24, 2.45) is 0 Å². The monoisotopic (exact) mass is 541 g/mol. The second-order valence-corrected chi connectivity index (χ2v) is 10.9. The molecule has 0 amide bonds. The van der Waals surface area contributed by atoms with Crippen LogP contribution in [0.15, 0.2) is 23.8 Å². The van der Waals surface area contributed by atoms with Crippen molar-refractivity contribution in [3.05, 3.63) is 23.8 Å². The molecule has 0 heterocycles. The Balaban J connectivity index is -0.000000720. The summed E-state index contributed by atoms with van der Waals surface area (Å²) in [6.07, 6.45) is 15.7. The molecule has 0 fully saturated rings. The van der Waals surface area contributed by atoms with Gasteiger partial charge in [-0.05, 0) is 26.7 Å². The van der Waals surface area contributed by atoms with Gasteiger partial charge in [0.25, 0.3) is 0 Å². The van der Waals surface area contributed by atoms with Crippen LogP contribution in [0.2, 0.25) is 0 Å². The number of rotatable bonds is 17. The summed E-state index contributed by atoms with van der Waals surface area (Å²) in [4.78, 5) is 39.5. The normalized spacial score (nSPS) is 11.7. The largest absolute Gasteiger partial charge is 1.00 e. The lowest BCUT2D eigenvalue weighted by atomic mass is 10.1. The molecule has 0 bridgehead atoms. The molecule has 0 aromatic carbocycles. The van der Waals surface area contributed by atoms with Gasteiger partial charge in [0.2, 0.25) is 0 Å². The Morgan fingerprint density at radius 1 is 0.886 bits per heavy atom. The number of unbranched alkanes of at least 4 members (excludes halogenated alkanes) is 10. The van der Waals surface area contributed by atoms with Crippen molar-refractivity contribution in [3.8, 4) is 0 Å². The molecular formula is C25H49ClNO7P. The summed E-state index contributed by atoms with van der Waals surface area (Å²) in [7, 11) is 1.50. The number of hydrogen-bond donors (Lipinski definition) is 2. The van der Waals surface area contributed by atoms with Crippen molar-refractivity contribution in [2.75, 3.05) is 34.3 Å². The highest BCUT2D eigenvalue weighted by atomic mass is 35.5. The van der Waals surface area contributed by atoms with Crippen LogP contribution >= 0.6 is 7.82 Å². The second-order valence-electron chi connectivity index (χ2n) is 9.65. The summed E-state index contributed by atoms with van der Waals surface area (Å²) in [5.74, 6) is -1.22. The summed E-state index contributed by atoms with van der Waals surface area (Å²) >= 11 is 0. The predicted molar refractivity (Wildman–Crippen MR) is 137 cm³/mol. The Hall–Kier alpha value is -1.02. The summed E-state index contributed by atoms with van der Waals surface area (Å²) in [5.41, 5.74) is 0.733. The smallest absolute Gasteiger partial charge is 0.469 e. The molecule has 0 unspecified atom stereocenters. The second kappa shape index (κ2) is 22.2. The molecule has 0 aliphatic carbocycles. The van der Waals surface area contributed by atoms with E-state index in [0.717, 1.165) is 12.8 Å². The van der Waals surface area contributed by atoms with E-state index in [1.54, 1.807) is 6.92 Å². The van der Waals surface area contributed by atoms with Crippen LogP contribution in [-0.4, -0.2) is 60.5 Å². The van der Waals surface area contributed by atoms with Crippen molar-refractivity contribution in [1.82, 2.24) is 0 Å². The summed E-state index contributed by atoms with van der Waals surface area (Å²) in [6, 6.07) is 0. The van der Waals surface area contributed by atoms with Gasteiger partial charge in [0.15, 0.2) is 0 Å². The van der Waals surface area contributed by atoms with E-state index in [2.05, 4.69) is 22.8 Å². The van der Waals surface area contributed by atoms with Crippen molar-refractivity contribution in [2.45, 2.75) is 91.4 Å². The van der Waals surface area contributed by atoms with Gasteiger partial charge >= 0.3 is 19.8 Å². The van der Waals surface area contributed by atoms with E-state index in [1.165, 1.54) is 64.7 Å². The quantitative estimate of drug-likeness (QED) is 0.0727. The molecule has 8 nitrogen and oxygen atoms in total. The van der Waals surface area contributed by atoms with Crippen LogP contribution in [0.4, 0.5) is 0 Å². The van der Waals surface area contributed by atoms with Crippen LogP contribution in [0.3, 0.4) is 0 Å². The topological polar surface area (TPSA) is 110 Å². The molecular weight excluding hydrogens is 493 g/mol. The highest BCUT2D eigenvalue weighted by Gasteiger charge is 2.16. The average Bonchev–Trinajstić information content (AvgIpc) is 2.70. The predicted octanol–water partition coefficient (Wildman–Crippen LogP) is 2.70. The Bertz CT molecular complexity index is 669. The molecule has 0 saturated carbocycles. The summed E-state index contributed by atoms with van der Waals surface area (Å²) < 4.78 is 19.7. The molecule has 0 saturated heterocycles. The van der Waals surface area contributed by atoms with Crippen LogP contribution in [0.1, 0.15) is 91.4 Å². The molecule has 2 N–H and O–H groups in total. The standard InChI is InChI=1S/C20H34O3.C5H14NO4P.ClH/c1-5-6-7-8-9-10-11-12-13-14-15-16-18(4)20(22)23-19(21)17(2)3;1-6(2,3)4-5-10-11(7,8)9;/h16H,2,5-15H2,1,3-4H3;4-5H2,1-3H3,(H-,7,8,9);1H/b18-16+;;. The van der Waals surface area contributed by atoms with Crippen LogP contribution in [0, 0.1) is 0 Å². The minimum Gasteiger partial charge on any atom is -1.00 e. The molecule has 0 radical (unpaired) electrons. The average molecular weight is 542 g/mol. The number of quaternary nitrogens is 1. The third kappa shape index (κ3) is 30.9. The Morgan fingerprint density at radius 3 is 1.74 bits per heavy atom. The highest BCUT2D eigenvalue weighted by Crippen LogP contribution is 2.35. The number of ether oxygens (including phenoxy) is 1. The zero-order valence-corrected chi connectivity index (χ0v) is 24.3. The number of phosphoric ester groups is 1. The minimum absolute atomic E-state index is 0. The molecule has 0 aliphatic rings. The SMILES string of the molecule is C=C(C)C(=O)OC(=O)/C(C)=C/CCCCCCCCCCCC.C[N+](C)(C)CCOP(=O)(O)O.[Cl-]. The maximum Gasteiger partial charge on any atom is 0.469 e. The summed E-state index contributed by atoms with van der Waals surface area (Å²) in [5, 5.41) is 0. The zero-order chi connectivity index (χ0) is 26.6. The van der Waals surface area contributed by atoms with Crippen LogP contribution < -0.4 is 12.4 Å². The molecule has 0 spiro atoms. The number of likely N-dealkylation sites (N-methyl/N-ethyl adjacent to an activating group) is 1. The first-order valence-electron chi connectivity index (χ1n) is 12.3. The van der Waals surface area contributed by atoms with Gasteiger partial charge in [0.1, 0.15) is 13.2 Å². The number of esters is 2. The fourth-order valence-electron chi connectivity index (χ4n) is 2.72. The van der Waals surface area contributed by atoms with Gasteiger partial charge in [-0.2, -0.15) is 0 Å². The van der Waals surface area contributed by atoms with Gasteiger partial charge in [0.05, 0.1) is 21.1 Å². The maximum atomic E-state index is 11.6. The third-order valence-corrected chi connectivity index (χ3v) is 5.40. The van der Waals surface area contributed by atoms with Crippen molar-refractivity contribution in [1.29, 1.82) is 0 Å². The van der Waals surface area contributed by atoms with Gasteiger partial charge < -0.3 is 31.4 Å². The molecule has 0 aromatic heterocycles. The van der Waals surface area contributed by atoms with E-state index in [0.29, 0.717) is 16.6 Å². The number of carbonyl (C=O) groups excluding carboxylic acids is 2. The van der Waals surface area contributed by atoms with E-state index in [9.17, 15) is 14.2 Å². The molecule has 0 atom stereocenters. The van der Waals surface area contributed by atoms with Crippen LogP contribution in [-0.2, 0) is 23.4 Å². The van der Waals surface area contributed by atoms with E-state index in [1.807, 2.05) is 27.2 Å². The van der Waals surface area contributed by atoms with Crippen molar-refractivity contribution >= 4 is 19.8 Å². The van der Waals surface area contributed by atoms with Crippen molar-refractivity contribution in [3.63, 3.8) is 0 Å². The van der Waals surface area contributed by atoms with Crippen LogP contribution in [0.25, 0.3) is 0 Å². The number of nitrogens with zero attached hydrogens (tertiary/aromatic N) is 1. The van der Waals surface area contributed by atoms with Gasteiger partial charge in [-0.15, -0.1) is 0 Å². The van der Waals surface area contributed by atoms with E-state index < -0.39 is 19.8 Å². The van der Waals surface area contributed by atoms with Crippen molar-refractivity contribution < 1.29 is 50.1 Å². The first-order chi connectivity index (χ1) is 15.7. The van der Waals surface area contributed by atoms with Gasteiger partial charge in [-0.25, -0.2) is 14.2 Å². The Kier molecular flexibility index (Phi) is 24.4. The molecule has 0 rings (SSSR count). The Labute approximate surface area is 219 Å². The number of allylic oxidation sites excluding steroid dienone is 1.